The van der Waals surface area contributed by atoms with Crippen LogP contribution in [0.2, 0.25) is 41.3 Å². The van der Waals surface area contributed by atoms with Crippen molar-refractivity contribution < 1.29 is 67.5 Å². The van der Waals surface area contributed by atoms with E-state index in [-0.39, 0.29) is 36.0 Å². The maximum atomic E-state index is 14.8. The molecule has 12 nitrogen and oxygen atoms in total. The molecule has 11 atom stereocenters. The first-order chi connectivity index (χ1) is 38.0. The van der Waals surface area contributed by atoms with E-state index in [1.807, 2.05) is 91.8 Å². The van der Waals surface area contributed by atoms with Crippen LogP contribution in [0.5, 0.6) is 0 Å². The number of hydrogen-bond donors (Lipinski definition) is 0. The van der Waals surface area contributed by atoms with Crippen LogP contribution in [0.1, 0.15) is 149 Å². The number of halogens is 3. The Kier molecular flexibility index (Phi) is 25.3. The second kappa shape index (κ2) is 29.4. The molecule has 1 saturated carbocycles. The van der Waals surface area contributed by atoms with Crippen LogP contribution in [-0.4, -0.2) is 114 Å². The van der Waals surface area contributed by atoms with Gasteiger partial charge in [-0.1, -0.05) is 148 Å². The number of ether oxygens (including phenoxy) is 6. The smallest absolute Gasteiger partial charge is 0.417 e. The van der Waals surface area contributed by atoms with Gasteiger partial charge in [-0.3, -0.25) is 0 Å². The lowest BCUT2D eigenvalue weighted by Gasteiger charge is -2.55. The van der Waals surface area contributed by atoms with Gasteiger partial charge in [0.15, 0.2) is 34.5 Å². The summed E-state index contributed by atoms with van der Waals surface area (Å²) in [4.78, 5) is 0. The number of hydrogen-bond acceptors (Lipinski definition) is 12. The van der Waals surface area contributed by atoms with Gasteiger partial charge in [0.1, 0.15) is 11.9 Å². The van der Waals surface area contributed by atoms with Crippen LogP contribution in [0.4, 0.5) is 13.2 Å². The summed E-state index contributed by atoms with van der Waals surface area (Å²) in [6.07, 6.45) is 2.66. The number of allylic oxidation sites excluding steroid dienone is 2. The Bertz CT molecular complexity index is 2340. The summed E-state index contributed by atoms with van der Waals surface area (Å²) in [5.74, 6) is -4.39. The zero-order valence-electron chi connectivity index (χ0n) is 52.2. The Morgan fingerprint density at radius 2 is 1.37 bits per heavy atom. The third-order valence-corrected chi connectivity index (χ3v) is 33.2. The van der Waals surface area contributed by atoms with Crippen molar-refractivity contribution in [2.75, 3.05) is 26.9 Å². The predicted molar refractivity (Wildman–Crippen MR) is 324 cm³/mol. The van der Waals surface area contributed by atoms with Crippen LogP contribution in [0.25, 0.3) is 0 Å². The highest BCUT2D eigenvalue weighted by molar-refractivity contribution is 7.87. The Balaban J connectivity index is 1.60. The topological polar surface area (TPSA) is 126 Å². The van der Waals surface area contributed by atoms with Gasteiger partial charge >= 0.3 is 15.6 Å². The van der Waals surface area contributed by atoms with Gasteiger partial charge in [-0.05, 0) is 136 Å². The molecule has 19 heteroatoms. The van der Waals surface area contributed by atoms with Gasteiger partial charge in [-0.2, -0.15) is 21.6 Å². The molecule has 2 heterocycles. The molecule has 2 aliphatic heterocycles. The number of benzene rings is 2. The Morgan fingerprint density at radius 3 is 1.88 bits per heavy atom. The molecule has 2 saturated heterocycles. The van der Waals surface area contributed by atoms with E-state index in [1.165, 1.54) is 0 Å². The van der Waals surface area contributed by atoms with E-state index >= 15 is 0 Å². The molecule has 3 fully saturated rings. The van der Waals surface area contributed by atoms with Crippen LogP contribution in [0.3, 0.4) is 0 Å². The molecule has 2 aromatic carbocycles. The number of methoxy groups -OCH3 is 1. The van der Waals surface area contributed by atoms with Crippen molar-refractivity contribution in [2.24, 2.45) is 23.7 Å². The summed E-state index contributed by atoms with van der Waals surface area (Å²) in [7, 11) is -12.2. The molecule has 2 aromatic rings. The van der Waals surface area contributed by atoms with Gasteiger partial charge < -0.3 is 45.9 Å². The van der Waals surface area contributed by atoms with Crippen LogP contribution in [0, 0.1) is 23.7 Å². The lowest BCUT2D eigenvalue weighted by Crippen LogP contribution is -2.68. The summed E-state index contributed by atoms with van der Waals surface area (Å²) in [6.45, 7) is 34.4. The lowest BCUT2D eigenvalue weighted by atomic mass is 9.79. The van der Waals surface area contributed by atoms with Crippen molar-refractivity contribution in [3.63, 3.8) is 0 Å². The monoisotopic (exact) mass is 1210 g/mol. The normalized spacial score (nSPS) is 26.3. The van der Waals surface area contributed by atoms with Gasteiger partial charge in [-0.15, -0.1) is 0 Å². The summed E-state index contributed by atoms with van der Waals surface area (Å²) < 4.78 is 138. The first kappa shape index (κ1) is 69.5. The molecule has 0 bridgehead atoms. The van der Waals surface area contributed by atoms with E-state index in [9.17, 15) is 21.6 Å². The van der Waals surface area contributed by atoms with E-state index in [0.29, 0.717) is 57.0 Å². The highest BCUT2D eigenvalue weighted by Gasteiger charge is 2.58. The fourth-order valence-corrected chi connectivity index (χ4v) is 23.8. The van der Waals surface area contributed by atoms with E-state index in [0.717, 1.165) is 40.5 Å². The molecule has 1 spiro atoms. The molecule has 0 radical (unpaired) electrons. The van der Waals surface area contributed by atoms with Crippen LogP contribution < -0.4 is 10.4 Å². The standard InChI is InChI=1S/C62H103F3O12SSi3/c1-18-69-48(11)72-51-41-50(38-45(8)37-46(9)43-71-79(19-2,20-3)21-4)61(70-44-51)42-57(73-60(15,16)77-61)47(10)58(76-80(22-5,23-6)24-7)56(74-78(66,67)62(63,64)65)40-49-35-36-54(55(39-49)68-17)75-81(59(12,13)14,52-31-27-25-28-32-52)53-33-29-26-30-34-53/h25-34,38,40,46-51,54-55,57-58H,18-24,35-37,39,41-44H2,1-17H3/b45-38+,56-40-/t46-,47+,48?,49+,50-,51+,54+,55+,57-,58-,61+/m0/s1. The molecule has 5 rings (SSSR count). The molecule has 1 aliphatic carbocycles. The second-order valence-electron chi connectivity index (χ2n) is 24.8. The first-order valence-corrected chi connectivity index (χ1v) is 38.7. The number of alkyl halides is 3. The average molecular weight is 1210 g/mol. The van der Waals surface area contributed by atoms with E-state index < -0.39 is 100 Å². The largest absolute Gasteiger partial charge is 0.534 e. The van der Waals surface area contributed by atoms with Crippen LogP contribution >= 0.6 is 0 Å². The van der Waals surface area contributed by atoms with Crippen molar-refractivity contribution in [1.29, 1.82) is 0 Å². The van der Waals surface area contributed by atoms with Crippen molar-refractivity contribution in [2.45, 2.75) is 244 Å². The minimum absolute atomic E-state index is 0.143. The average Bonchev–Trinajstić information content (AvgIpc) is 3.62. The predicted octanol–water partition coefficient (Wildman–Crippen LogP) is 14.6. The van der Waals surface area contributed by atoms with Gasteiger partial charge in [0.05, 0.1) is 31.0 Å². The molecular formula is C62H103F3O12SSi3. The highest BCUT2D eigenvalue weighted by atomic mass is 32.2. The molecular weight excluding hydrogens is 1110 g/mol. The van der Waals surface area contributed by atoms with E-state index in [4.69, 9.17) is 45.9 Å². The SMILES string of the molecule is CCOC(C)O[C@H]1CO[C@@]2(C[C@@H]([C@@H](C)[C@H](O[Si](CC)(CC)CC)/C(=C/[C@@H]3CC[C@@H](O[Si](c4ccccc4)(c4ccccc4)C(C)(C)C)[C@H](OC)C3)OS(=O)(=O)C(F)(F)F)OC(C)(C)O2)[C@@H](/C=C(\C)C[C@H](C)CO[Si](CC)(CC)CC)C1. The molecule has 81 heavy (non-hydrogen) atoms. The third kappa shape index (κ3) is 17.3. The van der Waals surface area contributed by atoms with Crippen LogP contribution in [-0.2, 0) is 56.0 Å². The maximum absolute atomic E-state index is 14.8. The molecule has 0 N–H and O–H groups in total. The number of rotatable bonds is 29. The fraction of sp³-hybridized carbons (Fsp3) is 0.742. The fourth-order valence-electron chi connectivity index (χ4n) is 12.9. The zero-order valence-corrected chi connectivity index (χ0v) is 56.1. The summed E-state index contributed by atoms with van der Waals surface area (Å²) >= 11 is 0. The lowest BCUT2D eigenvalue weighted by molar-refractivity contribution is -0.430. The van der Waals surface area contributed by atoms with Gasteiger partial charge in [0.25, 0.3) is 8.32 Å². The van der Waals surface area contributed by atoms with Crippen LogP contribution in [0.15, 0.2) is 84.1 Å². The molecule has 462 valence electrons. The minimum atomic E-state index is -6.20. The molecule has 3 aliphatic rings. The summed E-state index contributed by atoms with van der Waals surface area (Å²) in [6, 6.07) is 25.7. The Hall–Kier alpha value is -2.25. The maximum Gasteiger partial charge on any atom is 0.534 e. The quantitative estimate of drug-likeness (QED) is 0.0192. The Labute approximate surface area is 489 Å². The molecule has 0 aromatic heterocycles. The molecule has 1 unspecified atom stereocenters. The third-order valence-electron chi connectivity index (χ3n) is 17.8. The minimum Gasteiger partial charge on any atom is -0.417 e. The summed E-state index contributed by atoms with van der Waals surface area (Å²) in [5.41, 5.74) is -4.59. The second-order valence-corrected chi connectivity index (χ2v) is 40.1. The van der Waals surface area contributed by atoms with Crippen molar-refractivity contribution in [1.82, 2.24) is 0 Å². The van der Waals surface area contributed by atoms with Crippen molar-refractivity contribution in [3.8, 4) is 0 Å². The molecule has 0 amide bonds. The Morgan fingerprint density at radius 1 is 0.802 bits per heavy atom. The van der Waals surface area contributed by atoms with E-state index in [2.05, 4.69) is 85.7 Å². The van der Waals surface area contributed by atoms with E-state index in [1.54, 1.807) is 13.2 Å². The van der Waals surface area contributed by atoms with Gasteiger partial charge in [0, 0.05) is 38.6 Å². The zero-order chi connectivity index (χ0) is 60.2. The van der Waals surface area contributed by atoms with Gasteiger partial charge in [0.2, 0.25) is 0 Å². The summed E-state index contributed by atoms with van der Waals surface area (Å²) in [5, 5.41) is 1.89. The van der Waals surface area contributed by atoms with Gasteiger partial charge in [-0.25, -0.2) is 0 Å². The van der Waals surface area contributed by atoms with Crippen molar-refractivity contribution in [3.05, 3.63) is 84.1 Å². The van der Waals surface area contributed by atoms with Crippen molar-refractivity contribution >= 4 is 45.4 Å². The highest BCUT2D eigenvalue weighted by Crippen LogP contribution is 2.49. The first-order valence-electron chi connectivity index (χ1n) is 30.3.